The van der Waals surface area contributed by atoms with Gasteiger partial charge in [0.15, 0.2) is 0 Å². The van der Waals surface area contributed by atoms with Crippen LogP contribution in [0.2, 0.25) is 0 Å². The molecule has 0 aromatic heterocycles. The molecule has 0 spiro atoms. The fourth-order valence-corrected chi connectivity index (χ4v) is 2.45. The number of nitrogens with one attached hydrogen (secondary N) is 1. The lowest BCUT2D eigenvalue weighted by atomic mass is 10.1. The molecule has 1 aliphatic rings. The summed E-state index contributed by atoms with van der Waals surface area (Å²) < 4.78 is 26.8. The van der Waals surface area contributed by atoms with Gasteiger partial charge in [-0.05, 0) is 26.7 Å². The minimum absolute atomic E-state index is 0.0923. The molecule has 0 aromatic carbocycles. The minimum Gasteiger partial charge on any atom is -0.389 e. The fourth-order valence-electron chi connectivity index (χ4n) is 1.13. The quantitative estimate of drug-likeness (QED) is 0.670. The Morgan fingerprint density at radius 3 is 2.36 bits per heavy atom. The third kappa shape index (κ3) is 3.91. The molecule has 0 amide bonds. The summed E-state index contributed by atoms with van der Waals surface area (Å²) in [5, 5.41) is 9.47. The van der Waals surface area contributed by atoms with Crippen LogP contribution in [0.15, 0.2) is 0 Å². The van der Waals surface area contributed by atoms with E-state index in [1.807, 2.05) is 0 Å². The largest absolute Gasteiger partial charge is 0.389 e. The van der Waals surface area contributed by atoms with E-state index in [1.165, 1.54) is 7.05 Å². The molecule has 0 atom stereocenters. The topological polar surface area (TPSA) is 69.6 Å². The van der Waals surface area contributed by atoms with Crippen LogP contribution >= 0.6 is 0 Å². The predicted octanol–water partition coefficient (Wildman–Crippen LogP) is -0.314. The van der Waals surface area contributed by atoms with E-state index in [4.69, 9.17) is 0 Å². The second-order valence-corrected chi connectivity index (χ2v) is 6.27. The molecule has 0 heterocycles. The SMILES string of the molecule is CN(CC(C)(C)O)S(=O)(=O)NC1CC1. The van der Waals surface area contributed by atoms with Crippen LogP contribution < -0.4 is 4.72 Å². The Kier molecular flexibility index (Phi) is 3.20. The van der Waals surface area contributed by atoms with E-state index in [-0.39, 0.29) is 12.6 Å². The van der Waals surface area contributed by atoms with E-state index in [1.54, 1.807) is 13.8 Å². The van der Waals surface area contributed by atoms with Crippen molar-refractivity contribution in [3.05, 3.63) is 0 Å². The van der Waals surface area contributed by atoms with Crippen LogP contribution in [0.5, 0.6) is 0 Å². The van der Waals surface area contributed by atoms with E-state index in [9.17, 15) is 13.5 Å². The van der Waals surface area contributed by atoms with Gasteiger partial charge in [0.2, 0.25) is 0 Å². The van der Waals surface area contributed by atoms with Gasteiger partial charge in [-0.25, -0.2) is 0 Å². The van der Waals surface area contributed by atoms with E-state index in [2.05, 4.69) is 4.72 Å². The average molecular weight is 222 g/mol. The maximum Gasteiger partial charge on any atom is 0.279 e. The zero-order valence-electron chi connectivity index (χ0n) is 8.82. The summed E-state index contributed by atoms with van der Waals surface area (Å²) in [6, 6.07) is 0.101. The molecule has 0 aromatic rings. The molecule has 14 heavy (non-hydrogen) atoms. The van der Waals surface area contributed by atoms with Crippen molar-refractivity contribution >= 4 is 10.2 Å². The van der Waals surface area contributed by atoms with Crippen molar-refractivity contribution in [2.45, 2.75) is 38.3 Å². The van der Waals surface area contributed by atoms with Crippen molar-refractivity contribution in [3.63, 3.8) is 0 Å². The van der Waals surface area contributed by atoms with E-state index in [0.717, 1.165) is 17.1 Å². The van der Waals surface area contributed by atoms with Crippen LogP contribution in [0.4, 0.5) is 0 Å². The summed E-state index contributed by atoms with van der Waals surface area (Å²) in [4.78, 5) is 0. The van der Waals surface area contributed by atoms with Crippen LogP contribution in [-0.2, 0) is 10.2 Å². The standard InChI is InChI=1S/C8H18N2O3S/c1-8(2,11)6-10(3)14(12,13)9-7-4-5-7/h7,9,11H,4-6H2,1-3H3. The maximum absolute atomic E-state index is 11.6. The molecule has 0 bridgehead atoms. The number of aliphatic hydroxyl groups is 1. The van der Waals surface area contributed by atoms with Gasteiger partial charge in [0, 0.05) is 19.6 Å². The molecule has 1 aliphatic carbocycles. The highest BCUT2D eigenvalue weighted by Gasteiger charge is 2.31. The normalized spacial score (nSPS) is 18.9. The average Bonchev–Trinajstić information content (AvgIpc) is 2.66. The van der Waals surface area contributed by atoms with Crippen LogP contribution in [0.1, 0.15) is 26.7 Å². The molecule has 0 unspecified atom stereocenters. The lowest BCUT2D eigenvalue weighted by molar-refractivity contribution is 0.0637. The summed E-state index contributed by atoms with van der Waals surface area (Å²) in [5.74, 6) is 0. The molecule has 1 saturated carbocycles. The van der Waals surface area contributed by atoms with Gasteiger partial charge < -0.3 is 5.11 Å². The summed E-state index contributed by atoms with van der Waals surface area (Å²) >= 11 is 0. The van der Waals surface area contributed by atoms with Gasteiger partial charge in [-0.2, -0.15) is 17.4 Å². The zero-order valence-corrected chi connectivity index (χ0v) is 9.63. The molecule has 1 fully saturated rings. The van der Waals surface area contributed by atoms with Crippen molar-refractivity contribution in [3.8, 4) is 0 Å². The van der Waals surface area contributed by atoms with Crippen molar-refractivity contribution in [2.75, 3.05) is 13.6 Å². The Bertz CT molecular complexity index is 290. The van der Waals surface area contributed by atoms with Gasteiger partial charge in [0.05, 0.1) is 5.60 Å². The van der Waals surface area contributed by atoms with Crippen LogP contribution in [-0.4, -0.2) is 43.1 Å². The van der Waals surface area contributed by atoms with Crippen molar-refractivity contribution in [1.29, 1.82) is 0 Å². The Morgan fingerprint density at radius 2 is 2.00 bits per heavy atom. The Labute approximate surface area is 85.3 Å². The third-order valence-corrected chi connectivity index (χ3v) is 3.49. The van der Waals surface area contributed by atoms with Crippen LogP contribution in [0.3, 0.4) is 0 Å². The van der Waals surface area contributed by atoms with Gasteiger partial charge in [0.25, 0.3) is 10.2 Å². The van der Waals surface area contributed by atoms with Crippen molar-refractivity contribution in [1.82, 2.24) is 9.03 Å². The molecular formula is C8H18N2O3S. The first kappa shape index (κ1) is 11.9. The van der Waals surface area contributed by atoms with Crippen molar-refractivity contribution in [2.24, 2.45) is 0 Å². The van der Waals surface area contributed by atoms with Gasteiger partial charge >= 0.3 is 0 Å². The first-order chi connectivity index (χ1) is 6.21. The molecule has 0 saturated heterocycles. The second kappa shape index (κ2) is 3.77. The molecule has 2 N–H and O–H groups in total. The number of nitrogens with zero attached hydrogens (tertiary/aromatic N) is 1. The molecule has 0 radical (unpaired) electrons. The van der Waals surface area contributed by atoms with E-state index >= 15 is 0 Å². The van der Waals surface area contributed by atoms with Gasteiger partial charge in [-0.15, -0.1) is 0 Å². The molecule has 0 aliphatic heterocycles. The number of hydrogen-bond donors (Lipinski definition) is 2. The zero-order chi connectivity index (χ0) is 11.0. The monoisotopic (exact) mass is 222 g/mol. The maximum atomic E-state index is 11.6. The van der Waals surface area contributed by atoms with E-state index in [0.29, 0.717) is 0 Å². The summed E-state index contributed by atoms with van der Waals surface area (Å²) in [7, 11) is -1.95. The highest BCUT2D eigenvalue weighted by Crippen LogP contribution is 2.20. The summed E-state index contributed by atoms with van der Waals surface area (Å²) in [6.45, 7) is 3.25. The first-order valence-electron chi connectivity index (χ1n) is 4.67. The fraction of sp³-hybridized carbons (Fsp3) is 1.00. The second-order valence-electron chi connectivity index (χ2n) is 4.47. The van der Waals surface area contributed by atoms with E-state index < -0.39 is 15.8 Å². The van der Waals surface area contributed by atoms with Crippen LogP contribution in [0.25, 0.3) is 0 Å². The molecular weight excluding hydrogens is 204 g/mol. The molecule has 5 nitrogen and oxygen atoms in total. The Hall–Kier alpha value is -0.170. The van der Waals surface area contributed by atoms with Gasteiger partial charge in [0.1, 0.15) is 0 Å². The predicted molar refractivity (Wildman–Crippen MR) is 54.0 cm³/mol. The van der Waals surface area contributed by atoms with Crippen LogP contribution in [0, 0.1) is 0 Å². The number of rotatable bonds is 5. The molecule has 6 heteroatoms. The minimum atomic E-state index is -3.41. The molecule has 84 valence electrons. The van der Waals surface area contributed by atoms with Gasteiger partial charge in [-0.1, -0.05) is 0 Å². The van der Waals surface area contributed by atoms with Gasteiger partial charge in [-0.3, -0.25) is 0 Å². The van der Waals surface area contributed by atoms with Crippen molar-refractivity contribution < 1.29 is 13.5 Å². The number of likely N-dealkylation sites (N-methyl/N-ethyl adjacent to an activating group) is 1. The molecule has 1 rings (SSSR count). The first-order valence-corrected chi connectivity index (χ1v) is 6.11. The Morgan fingerprint density at radius 1 is 1.50 bits per heavy atom. The smallest absolute Gasteiger partial charge is 0.279 e. The highest BCUT2D eigenvalue weighted by molar-refractivity contribution is 7.87. The Balaban J connectivity index is 2.53. The lowest BCUT2D eigenvalue weighted by Gasteiger charge is -2.25. The third-order valence-electron chi connectivity index (χ3n) is 1.91. The highest BCUT2D eigenvalue weighted by atomic mass is 32.2. The summed E-state index contributed by atoms with van der Waals surface area (Å²) in [6.07, 6.45) is 1.82. The lowest BCUT2D eigenvalue weighted by Crippen LogP contribution is -2.45. The number of hydrogen-bond acceptors (Lipinski definition) is 3. The summed E-state index contributed by atoms with van der Waals surface area (Å²) in [5.41, 5.74) is -1.01.